The summed E-state index contributed by atoms with van der Waals surface area (Å²) in [6, 6.07) is 16.8. The molecular weight excluding hydrogens is 436 g/mol. The second-order valence-electron chi connectivity index (χ2n) is 8.92. The Kier molecular flexibility index (Phi) is 8.48. The van der Waals surface area contributed by atoms with Crippen LogP contribution in [0.2, 0.25) is 0 Å². The lowest BCUT2D eigenvalue weighted by atomic mass is 9.83. The van der Waals surface area contributed by atoms with E-state index in [1.165, 1.54) is 28.1 Å². The molecule has 1 aliphatic carbocycles. The quantitative estimate of drug-likeness (QED) is 0.543. The first-order valence-electron chi connectivity index (χ1n) is 11.8. The summed E-state index contributed by atoms with van der Waals surface area (Å²) in [5, 5.41) is 7.42. The fourth-order valence-electron chi connectivity index (χ4n) is 4.21. The molecular formula is C30H34N2O3. The minimum Gasteiger partial charge on any atom is -0.494 e. The van der Waals surface area contributed by atoms with Crippen molar-refractivity contribution in [1.29, 1.82) is 0 Å². The van der Waals surface area contributed by atoms with Gasteiger partial charge in [0.25, 0.3) is 5.97 Å². The van der Waals surface area contributed by atoms with Gasteiger partial charge < -0.3 is 14.7 Å². The van der Waals surface area contributed by atoms with Crippen molar-refractivity contribution in [2.45, 2.75) is 39.7 Å². The molecule has 0 saturated carbocycles. The van der Waals surface area contributed by atoms with Crippen LogP contribution in [0.15, 0.2) is 101 Å². The number of carboxylic acid groups (broad SMARTS) is 1. The summed E-state index contributed by atoms with van der Waals surface area (Å²) in [5.74, 6) is 0.0689. The number of aliphatic imine (C=N–C) groups is 1. The summed E-state index contributed by atoms with van der Waals surface area (Å²) >= 11 is 0. The molecule has 0 fully saturated rings. The molecule has 0 aromatic heterocycles. The lowest BCUT2D eigenvalue weighted by molar-refractivity contribution is -0.134. The van der Waals surface area contributed by atoms with Gasteiger partial charge in [0.1, 0.15) is 5.75 Å². The summed E-state index contributed by atoms with van der Waals surface area (Å²) in [4.78, 5) is 16.0. The molecule has 1 heterocycles. The predicted molar refractivity (Wildman–Crippen MR) is 144 cm³/mol. The van der Waals surface area contributed by atoms with Gasteiger partial charge in [-0.3, -0.25) is 9.79 Å². The zero-order chi connectivity index (χ0) is 25.4. The number of fused-ring (bicyclic) bond motifs is 1. The maximum absolute atomic E-state index is 9.00. The van der Waals surface area contributed by atoms with Crippen LogP contribution in [0.25, 0.3) is 0 Å². The molecule has 0 atom stereocenters. The third-order valence-corrected chi connectivity index (χ3v) is 5.95. The topological polar surface area (TPSA) is 62.1 Å². The van der Waals surface area contributed by atoms with Crippen LogP contribution in [-0.4, -0.2) is 30.4 Å². The minimum atomic E-state index is -0.833. The Balaban J connectivity index is 0.000000795. The second-order valence-corrected chi connectivity index (χ2v) is 8.92. The Morgan fingerprint density at radius 3 is 2.26 bits per heavy atom. The van der Waals surface area contributed by atoms with Crippen LogP contribution in [0.3, 0.4) is 0 Å². The Morgan fingerprint density at radius 1 is 1.03 bits per heavy atom. The largest absolute Gasteiger partial charge is 0.494 e. The van der Waals surface area contributed by atoms with E-state index in [-0.39, 0.29) is 5.41 Å². The van der Waals surface area contributed by atoms with E-state index in [1.807, 2.05) is 19.1 Å². The molecule has 1 aliphatic heterocycles. The number of aliphatic carboxylic acids is 1. The number of benzene rings is 2. The average Bonchev–Trinajstić information content (AvgIpc) is 3.03. The van der Waals surface area contributed by atoms with Gasteiger partial charge in [0, 0.05) is 30.8 Å². The molecule has 182 valence electrons. The summed E-state index contributed by atoms with van der Waals surface area (Å²) in [6.07, 6.45) is 12.8. The second kappa shape index (κ2) is 11.5. The zero-order valence-electron chi connectivity index (χ0n) is 21.2. The van der Waals surface area contributed by atoms with Gasteiger partial charge in [-0.1, -0.05) is 62.4 Å². The first-order chi connectivity index (χ1) is 16.7. The summed E-state index contributed by atoms with van der Waals surface area (Å²) in [5.41, 5.74) is 7.30. The van der Waals surface area contributed by atoms with E-state index in [9.17, 15) is 0 Å². The highest BCUT2D eigenvalue weighted by atomic mass is 16.5. The van der Waals surface area contributed by atoms with E-state index in [0.29, 0.717) is 13.2 Å². The van der Waals surface area contributed by atoms with Crippen molar-refractivity contribution in [2.24, 2.45) is 4.99 Å². The molecule has 0 radical (unpaired) electrons. The van der Waals surface area contributed by atoms with Gasteiger partial charge in [-0.15, -0.1) is 0 Å². The number of hydrogen-bond acceptors (Lipinski definition) is 4. The van der Waals surface area contributed by atoms with E-state index in [0.717, 1.165) is 18.4 Å². The smallest absolute Gasteiger partial charge is 0.300 e. The van der Waals surface area contributed by atoms with Crippen molar-refractivity contribution < 1.29 is 14.6 Å². The first kappa shape index (κ1) is 25.8. The molecule has 35 heavy (non-hydrogen) atoms. The van der Waals surface area contributed by atoms with Gasteiger partial charge in [-0.05, 0) is 60.1 Å². The zero-order valence-corrected chi connectivity index (χ0v) is 21.2. The number of nitrogens with zero attached hydrogens (tertiary/aromatic N) is 2. The van der Waals surface area contributed by atoms with E-state index >= 15 is 0 Å². The Labute approximate surface area is 208 Å². The molecule has 5 heteroatoms. The van der Waals surface area contributed by atoms with Crippen LogP contribution in [0.5, 0.6) is 5.75 Å². The summed E-state index contributed by atoms with van der Waals surface area (Å²) in [7, 11) is 2.15. The third kappa shape index (κ3) is 6.60. The summed E-state index contributed by atoms with van der Waals surface area (Å²) in [6.45, 7) is 9.00. The fourth-order valence-corrected chi connectivity index (χ4v) is 4.21. The molecule has 0 unspecified atom stereocenters. The molecule has 1 N–H and O–H groups in total. The van der Waals surface area contributed by atoms with Gasteiger partial charge >= 0.3 is 0 Å². The Hall–Kier alpha value is -3.86. The highest BCUT2D eigenvalue weighted by Crippen LogP contribution is 2.46. The van der Waals surface area contributed by atoms with Crippen molar-refractivity contribution in [3.63, 3.8) is 0 Å². The summed E-state index contributed by atoms with van der Waals surface area (Å²) < 4.78 is 5.49. The van der Waals surface area contributed by atoms with Crippen molar-refractivity contribution >= 4 is 17.4 Å². The van der Waals surface area contributed by atoms with E-state index in [1.54, 1.807) is 0 Å². The molecule has 4 rings (SSSR count). The van der Waals surface area contributed by atoms with Crippen LogP contribution >= 0.6 is 0 Å². The lowest BCUT2D eigenvalue weighted by Crippen LogP contribution is -2.22. The molecule has 2 aromatic rings. The van der Waals surface area contributed by atoms with Crippen molar-refractivity contribution in [3.05, 3.63) is 107 Å². The van der Waals surface area contributed by atoms with Crippen LogP contribution in [0.4, 0.5) is 5.69 Å². The number of carboxylic acids is 1. The average molecular weight is 471 g/mol. The maximum Gasteiger partial charge on any atom is 0.300 e. The third-order valence-electron chi connectivity index (χ3n) is 5.95. The fraction of sp³-hybridized carbons (Fsp3) is 0.267. The maximum atomic E-state index is 9.00. The SMILES string of the molecule is CC(=O)O.CCOc1ccc(CN=C2C=CC(=CC=C3N(C)c4ccccc4C3(C)C)C=C2)cc1. The lowest BCUT2D eigenvalue weighted by Gasteiger charge is -2.23. The Bertz CT molecular complexity index is 1180. The van der Waals surface area contributed by atoms with Crippen molar-refractivity contribution in [3.8, 4) is 5.75 Å². The Morgan fingerprint density at radius 2 is 1.66 bits per heavy atom. The standard InChI is InChI=1S/C28H30N2O.C2H4O2/c1-5-31-24-17-12-22(13-18-24)20-29-23-15-10-21(11-16-23)14-19-27-28(2,3)25-8-6-7-9-26(25)30(27)4;1-2(3)4/h6-19H,5,20H2,1-4H3;1H3,(H,3,4). The van der Waals surface area contributed by atoms with E-state index in [4.69, 9.17) is 19.6 Å². The number of carbonyl (C=O) groups is 1. The number of ether oxygens (including phenoxy) is 1. The van der Waals surface area contributed by atoms with Crippen LogP contribution in [0.1, 0.15) is 38.8 Å². The first-order valence-corrected chi connectivity index (χ1v) is 11.8. The van der Waals surface area contributed by atoms with Crippen molar-refractivity contribution in [1.82, 2.24) is 0 Å². The number of rotatable bonds is 5. The molecule has 2 aromatic carbocycles. The number of likely N-dealkylation sites (N-methyl/N-ethyl adjacent to an activating group) is 1. The van der Waals surface area contributed by atoms with Gasteiger partial charge in [0.2, 0.25) is 0 Å². The van der Waals surface area contributed by atoms with Crippen molar-refractivity contribution in [2.75, 3.05) is 18.6 Å². The molecule has 0 bridgehead atoms. The molecule has 5 nitrogen and oxygen atoms in total. The molecule has 0 amide bonds. The van der Waals surface area contributed by atoms with E-state index in [2.05, 4.69) is 98.6 Å². The van der Waals surface area contributed by atoms with E-state index < -0.39 is 5.97 Å². The highest BCUT2D eigenvalue weighted by Gasteiger charge is 2.37. The molecule has 2 aliphatic rings. The number of hydrogen-bond donors (Lipinski definition) is 1. The number of para-hydroxylation sites is 1. The predicted octanol–water partition coefficient (Wildman–Crippen LogP) is 6.48. The van der Waals surface area contributed by atoms with Gasteiger partial charge in [0.15, 0.2) is 0 Å². The number of allylic oxidation sites excluding steroid dienone is 8. The van der Waals surface area contributed by atoms with Crippen LogP contribution in [0, 0.1) is 0 Å². The van der Waals surface area contributed by atoms with Gasteiger partial charge in [-0.2, -0.15) is 0 Å². The molecule has 0 saturated heterocycles. The minimum absolute atomic E-state index is 0.00512. The monoisotopic (exact) mass is 470 g/mol. The van der Waals surface area contributed by atoms with Crippen LogP contribution in [-0.2, 0) is 16.8 Å². The highest BCUT2D eigenvalue weighted by molar-refractivity contribution is 6.05. The van der Waals surface area contributed by atoms with Gasteiger partial charge in [-0.25, -0.2) is 0 Å². The molecule has 0 spiro atoms. The normalized spacial score (nSPS) is 16.5. The van der Waals surface area contributed by atoms with Gasteiger partial charge in [0.05, 0.1) is 18.9 Å². The number of anilines is 1. The van der Waals surface area contributed by atoms with Crippen LogP contribution < -0.4 is 9.64 Å².